The van der Waals surface area contributed by atoms with Gasteiger partial charge in [-0.15, -0.1) is 0 Å². The van der Waals surface area contributed by atoms with E-state index in [1.165, 1.54) is 50.7 Å². The van der Waals surface area contributed by atoms with Gasteiger partial charge in [0.15, 0.2) is 0 Å². The first-order valence-corrected chi connectivity index (χ1v) is 7.20. The normalized spacial score (nSPS) is 20.1. The molecule has 0 aromatic rings. The summed E-state index contributed by atoms with van der Waals surface area (Å²) in [7, 11) is 2.11. The molecule has 0 spiro atoms. The molecule has 0 aliphatic heterocycles. The molecule has 0 heterocycles. The van der Waals surface area contributed by atoms with Gasteiger partial charge in [-0.3, -0.25) is 0 Å². The zero-order valence-corrected chi connectivity index (χ0v) is 10.5. The van der Waals surface area contributed by atoms with Crippen LogP contribution in [0.15, 0.2) is 0 Å². The highest BCUT2D eigenvalue weighted by Crippen LogP contribution is 2.30. The molecular formula is C12H25NS. The first-order chi connectivity index (χ1) is 6.86. The molecule has 2 heteroatoms. The number of nitrogens with one attached hydrogen (secondary N) is 1. The van der Waals surface area contributed by atoms with Crippen LogP contribution in [-0.4, -0.2) is 24.1 Å². The minimum absolute atomic E-state index is 0.751. The summed E-state index contributed by atoms with van der Waals surface area (Å²) in [5.74, 6) is 1.32. The van der Waals surface area contributed by atoms with Gasteiger partial charge >= 0.3 is 0 Å². The van der Waals surface area contributed by atoms with E-state index in [0.29, 0.717) is 0 Å². The molecular weight excluding hydrogens is 190 g/mol. The zero-order valence-electron chi connectivity index (χ0n) is 9.72. The molecule has 1 rings (SSSR count). The fourth-order valence-corrected chi connectivity index (χ4v) is 3.57. The zero-order chi connectivity index (χ0) is 10.2. The minimum Gasteiger partial charge on any atom is -0.316 e. The fraction of sp³-hybridized carbons (Fsp3) is 1.00. The molecule has 1 aliphatic carbocycles. The van der Waals surface area contributed by atoms with E-state index in [0.717, 1.165) is 11.3 Å². The molecule has 1 aliphatic rings. The molecule has 1 unspecified atom stereocenters. The number of hydrogen-bond donors (Lipinski definition) is 1. The van der Waals surface area contributed by atoms with Gasteiger partial charge in [0, 0.05) is 17.0 Å². The van der Waals surface area contributed by atoms with E-state index in [4.69, 9.17) is 0 Å². The SMILES string of the molecule is CCCCC(CSC1CCCC1)NC. The van der Waals surface area contributed by atoms with E-state index in [1.807, 2.05) is 0 Å². The van der Waals surface area contributed by atoms with Crippen LogP contribution < -0.4 is 5.32 Å². The van der Waals surface area contributed by atoms with Crippen molar-refractivity contribution in [2.75, 3.05) is 12.8 Å². The minimum atomic E-state index is 0.751. The summed E-state index contributed by atoms with van der Waals surface area (Å²) < 4.78 is 0. The van der Waals surface area contributed by atoms with E-state index in [2.05, 4.69) is 31.1 Å². The van der Waals surface area contributed by atoms with Crippen LogP contribution in [0.1, 0.15) is 51.9 Å². The summed E-state index contributed by atoms with van der Waals surface area (Å²) in [5, 5.41) is 4.42. The number of thioether (sulfide) groups is 1. The van der Waals surface area contributed by atoms with Crippen LogP contribution in [0.3, 0.4) is 0 Å². The molecule has 0 amide bonds. The van der Waals surface area contributed by atoms with Gasteiger partial charge in [-0.2, -0.15) is 11.8 Å². The molecule has 14 heavy (non-hydrogen) atoms. The molecule has 0 saturated heterocycles. The van der Waals surface area contributed by atoms with Crippen LogP contribution in [0.25, 0.3) is 0 Å². The largest absolute Gasteiger partial charge is 0.316 e. The Labute approximate surface area is 93.4 Å². The number of hydrogen-bond acceptors (Lipinski definition) is 2. The van der Waals surface area contributed by atoms with Gasteiger partial charge in [-0.05, 0) is 26.3 Å². The lowest BCUT2D eigenvalue weighted by Gasteiger charge is -2.17. The Morgan fingerprint density at radius 1 is 1.36 bits per heavy atom. The van der Waals surface area contributed by atoms with E-state index in [-0.39, 0.29) is 0 Å². The maximum atomic E-state index is 3.44. The summed E-state index contributed by atoms with van der Waals surface area (Å²) in [6.45, 7) is 2.27. The van der Waals surface area contributed by atoms with Gasteiger partial charge < -0.3 is 5.32 Å². The van der Waals surface area contributed by atoms with Gasteiger partial charge in [-0.25, -0.2) is 0 Å². The molecule has 1 nitrogen and oxygen atoms in total. The standard InChI is InChI=1S/C12H25NS/c1-3-4-7-11(13-2)10-14-12-8-5-6-9-12/h11-13H,3-10H2,1-2H3. The van der Waals surface area contributed by atoms with Gasteiger partial charge in [0.2, 0.25) is 0 Å². The summed E-state index contributed by atoms with van der Waals surface area (Å²) in [6, 6.07) is 0.751. The molecule has 0 bridgehead atoms. The smallest absolute Gasteiger partial charge is 0.0155 e. The summed E-state index contributed by atoms with van der Waals surface area (Å²) in [6.07, 6.45) is 9.92. The molecule has 0 radical (unpaired) electrons. The molecule has 1 N–H and O–H groups in total. The van der Waals surface area contributed by atoms with Gasteiger partial charge in [0.25, 0.3) is 0 Å². The average Bonchev–Trinajstić information content (AvgIpc) is 2.71. The van der Waals surface area contributed by atoms with Crippen molar-refractivity contribution in [3.8, 4) is 0 Å². The molecule has 0 aromatic carbocycles. The second-order valence-corrected chi connectivity index (χ2v) is 5.70. The third-order valence-corrected chi connectivity index (χ3v) is 4.69. The Kier molecular flexibility index (Phi) is 6.70. The molecule has 0 aromatic heterocycles. The van der Waals surface area contributed by atoms with Crippen LogP contribution in [0.5, 0.6) is 0 Å². The lowest BCUT2D eigenvalue weighted by Crippen LogP contribution is -2.28. The van der Waals surface area contributed by atoms with Gasteiger partial charge in [0.1, 0.15) is 0 Å². The summed E-state index contributed by atoms with van der Waals surface area (Å²) in [4.78, 5) is 0. The number of unbranched alkanes of at least 4 members (excludes halogenated alkanes) is 1. The predicted octanol–water partition coefficient (Wildman–Crippen LogP) is 3.44. The first-order valence-electron chi connectivity index (χ1n) is 6.15. The van der Waals surface area contributed by atoms with Crippen LogP contribution >= 0.6 is 11.8 Å². The Morgan fingerprint density at radius 3 is 2.64 bits per heavy atom. The van der Waals surface area contributed by atoms with Gasteiger partial charge in [-0.1, -0.05) is 32.6 Å². The van der Waals surface area contributed by atoms with Crippen molar-refractivity contribution in [2.24, 2.45) is 0 Å². The van der Waals surface area contributed by atoms with Crippen molar-refractivity contribution in [3.05, 3.63) is 0 Å². The van der Waals surface area contributed by atoms with Crippen molar-refractivity contribution in [2.45, 2.75) is 63.2 Å². The van der Waals surface area contributed by atoms with Crippen LogP contribution in [-0.2, 0) is 0 Å². The second kappa shape index (κ2) is 7.58. The maximum absolute atomic E-state index is 3.44. The maximum Gasteiger partial charge on any atom is 0.0155 e. The summed E-state index contributed by atoms with van der Waals surface area (Å²) >= 11 is 2.20. The Bertz CT molecular complexity index is 132. The van der Waals surface area contributed by atoms with E-state index in [9.17, 15) is 0 Å². The van der Waals surface area contributed by atoms with E-state index in [1.54, 1.807) is 0 Å². The first kappa shape index (κ1) is 12.4. The average molecular weight is 215 g/mol. The molecule has 84 valence electrons. The Balaban J connectivity index is 2.06. The van der Waals surface area contributed by atoms with Gasteiger partial charge in [0.05, 0.1) is 0 Å². The molecule has 1 fully saturated rings. The highest BCUT2D eigenvalue weighted by molar-refractivity contribution is 7.99. The van der Waals surface area contributed by atoms with E-state index >= 15 is 0 Å². The fourth-order valence-electron chi connectivity index (χ4n) is 2.07. The predicted molar refractivity (Wildman–Crippen MR) is 67.1 cm³/mol. The molecule has 1 saturated carbocycles. The third-order valence-electron chi connectivity index (χ3n) is 3.15. The third kappa shape index (κ3) is 4.70. The highest BCUT2D eigenvalue weighted by Gasteiger charge is 2.16. The topological polar surface area (TPSA) is 12.0 Å². The monoisotopic (exact) mass is 215 g/mol. The Morgan fingerprint density at radius 2 is 2.07 bits per heavy atom. The van der Waals surface area contributed by atoms with Crippen molar-refractivity contribution < 1.29 is 0 Å². The summed E-state index contributed by atoms with van der Waals surface area (Å²) in [5.41, 5.74) is 0. The second-order valence-electron chi connectivity index (χ2n) is 4.37. The van der Waals surface area contributed by atoms with E-state index < -0.39 is 0 Å². The molecule has 1 atom stereocenters. The van der Waals surface area contributed by atoms with Crippen molar-refractivity contribution in [1.29, 1.82) is 0 Å². The van der Waals surface area contributed by atoms with Crippen LogP contribution in [0.4, 0.5) is 0 Å². The lowest BCUT2D eigenvalue weighted by molar-refractivity contribution is 0.543. The van der Waals surface area contributed by atoms with Crippen molar-refractivity contribution >= 4 is 11.8 Å². The lowest BCUT2D eigenvalue weighted by atomic mass is 10.1. The van der Waals surface area contributed by atoms with Crippen LogP contribution in [0.2, 0.25) is 0 Å². The van der Waals surface area contributed by atoms with Crippen molar-refractivity contribution in [3.63, 3.8) is 0 Å². The highest BCUT2D eigenvalue weighted by atomic mass is 32.2. The quantitative estimate of drug-likeness (QED) is 0.698. The number of rotatable bonds is 7. The van der Waals surface area contributed by atoms with Crippen molar-refractivity contribution in [1.82, 2.24) is 5.32 Å². The Hall–Kier alpha value is 0.310. The van der Waals surface area contributed by atoms with Crippen LogP contribution in [0, 0.1) is 0 Å².